The molecule has 1 unspecified atom stereocenters. The average molecular weight is 323 g/mol. The molecule has 4 heteroatoms. The fourth-order valence-corrected chi connectivity index (χ4v) is 3.19. The zero-order chi connectivity index (χ0) is 12.7. The van der Waals surface area contributed by atoms with Crippen LogP contribution in [0.1, 0.15) is 23.0 Å². The van der Waals surface area contributed by atoms with Gasteiger partial charge in [-0.3, -0.25) is 0 Å². The summed E-state index contributed by atoms with van der Waals surface area (Å²) in [5.41, 5.74) is 2.78. The second kappa shape index (κ2) is 4.53. The Bertz CT molecular complexity index is 699. The first-order valence-electron chi connectivity index (χ1n) is 5.56. The van der Waals surface area contributed by atoms with Gasteiger partial charge in [-0.1, -0.05) is 18.2 Å². The summed E-state index contributed by atoms with van der Waals surface area (Å²) in [6.07, 6.45) is -0.709. The van der Waals surface area contributed by atoms with E-state index in [0.29, 0.717) is 5.76 Å². The van der Waals surface area contributed by atoms with E-state index >= 15 is 0 Å². The van der Waals surface area contributed by atoms with Crippen LogP contribution >= 0.6 is 27.3 Å². The molecule has 0 bridgehead atoms. The second-order valence-corrected chi connectivity index (χ2v) is 6.52. The predicted octanol–water partition coefficient (Wildman–Crippen LogP) is 4.65. The van der Waals surface area contributed by atoms with E-state index in [2.05, 4.69) is 15.9 Å². The van der Waals surface area contributed by atoms with Crippen molar-refractivity contribution in [1.82, 2.24) is 0 Å². The number of aliphatic hydroxyl groups is 1. The van der Waals surface area contributed by atoms with Crippen molar-refractivity contribution >= 4 is 38.2 Å². The average Bonchev–Trinajstić information content (AvgIpc) is 2.95. The van der Waals surface area contributed by atoms with Crippen molar-refractivity contribution in [3.8, 4) is 0 Å². The third kappa shape index (κ3) is 2.00. The molecule has 0 spiro atoms. The highest BCUT2D eigenvalue weighted by atomic mass is 79.9. The van der Waals surface area contributed by atoms with Crippen molar-refractivity contribution in [1.29, 1.82) is 0 Å². The highest BCUT2D eigenvalue weighted by molar-refractivity contribution is 9.11. The van der Waals surface area contributed by atoms with Gasteiger partial charge in [0.1, 0.15) is 17.4 Å². The molecule has 3 aromatic rings. The maximum atomic E-state index is 10.3. The van der Waals surface area contributed by atoms with E-state index < -0.39 is 6.10 Å². The van der Waals surface area contributed by atoms with Crippen LogP contribution in [0.4, 0.5) is 0 Å². The summed E-state index contributed by atoms with van der Waals surface area (Å²) in [5, 5.41) is 13.2. The molecule has 0 aliphatic rings. The number of fused-ring (bicyclic) bond motifs is 1. The Morgan fingerprint density at radius 3 is 2.83 bits per heavy atom. The molecule has 0 saturated heterocycles. The third-order valence-corrected chi connectivity index (χ3v) is 4.46. The second-order valence-electron chi connectivity index (χ2n) is 4.23. The summed E-state index contributed by atoms with van der Waals surface area (Å²) < 4.78 is 6.77. The number of aryl methyl sites for hydroxylation is 1. The van der Waals surface area contributed by atoms with E-state index in [4.69, 9.17) is 4.42 Å². The van der Waals surface area contributed by atoms with Crippen molar-refractivity contribution in [3.05, 3.63) is 56.4 Å². The van der Waals surface area contributed by atoms with E-state index in [0.717, 1.165) is 25.9 Å². The topological polar surface area (TPSA) is 33.4 Å². The van der Waals surface area contributed by atoms with Crippen LogP contribution in [0.15, 0.2) is 43.9 Å². The lowest BCUT2D eigenvalue weighted by atomic mass is 10.1. The quantitative estimate of drug-likeness (QED) is 0.745. The predicted molar refractivity (Wildman–Crippen MR) is 77.0 cm³/mol. The van der Waals surface area contributed by atoms with Gasteiger partial charge in [0.05, 0.1) is 3.79 Å². The maximum Gasteiger partial charge on any atom is 0.138 e. The van der Waals surface area contributed by atoms with Gasteiger partial charge < -0.3 is 9.52 Å². The first kappa shape index (κ1) is 12.0. The molecule has 0 saturated carbocycles. The molecule has 18 heavy (non-hydrogen) atoms. The fourth-order valence-electron chi connectivity index (χ4n) is 1.99. The number of halogens is 1. The first-order valence-corrected chi connectivity index (χ1v) is 7.23. The molecular weight excluding hydrogens is 312 g/mol. The van der Waals surface area contributed by atoms with Crippen LogP contribution < -0.4 is 0 Å². The van der Waals surface area contributed by atoms with E-state index in [-0.39, 0.29) is 0 Å². The lowest BCUT2D eigenvalue weighted by Gasteiger charge is -2.04. The number of benzene rings is 1. The van der Waals surface area contributed by atoms with Crippen LogP contribution in [0, 0.1) is 6.92 Å². The molecule has 0 amide bonds. The molecule has 0 aliphatic heterocycles. The van der Waals surface area contributed by atoms with E-state index in [1.807, 2.05) is 42.6 Å². The molecule has 0 fully saturated rings. The Morgan fingerprint density at radius 1 is 1.33 bits per heavy atom. The molecular formula is C14H11BrO2S. The van der Waals surface area contributed by atoms with Gasteiger partial charge in [0.25, 0.3) is 0 Å². The van der Waals surface area contributed by atoms with Gasteiger partial charge in [-0.2, -0.15) is 0 Å². The summed E-state index contributed by atoms with van der Waals surface area (Å²) in [6.45, 7) is 2.00. The SMILES string of the molecule is Cc1cccc2cc(C(O)c3csc(Br)c3)oc12. The highest BCUT2D eigenvalue weighted by Crippen LogP contribution is 2.32. The fraction of sp³-hybridized carbons (Fsp3) is 0.143. The van der Waals surface area contributed by atoms with Gasteiger partial charge in [-0.15, -0.1) is 11.3 Å². The van der Waals surface area contributed by atoms with Crippen LogP contribution in [0.2, 0.25) is 0 Å². The minimum Gasteiger partial charge on any atom is -0.458 e. The zero-order valence-corrected chi connectivity index (χ0v) is 12.1. The minimum atomic E-state index is -0.709. The van der Waals surface area contributed by atoms with Gasteiger partial charge in [0.15, 0.2) is 0 Å². The van der Waals surface area contributed by atoms with Crippen LogP contribution in [0.25, 0.3) is 11.0 Å². The van der Waals surface area contributed by atoms with Crippen LogP contribution in [-0.4, -0.2) is 5.11 Å². The van der Waals surface area contributed by atoms with Gasteiger partial charge >= 0.3 is 0 Å². The van der Waals surface area contributed by atoms with Crippen molar-refractivity contribution < 1.29 is 9.52 Å². The normalized spacial score (nSPS) is 13.1. The Balaban J connectivity index is 2.06. The number of hydrogen-bond acceptors (Lipinski definition) is 3. The zero-order valence-electron chi connectivity index (χ0n) is 9.68. The van der Waals surface area contributed by atoms with E-state index in [9.17, 15) is 5.11 Å². The molecule has 0 aliphatic carbocycles. The Hall–Kier alpha value is -1.10. The van der Waals surface area contributed by atoms with Gasteiger partial charge in [0.2, 0.25) is 0 Å². The van der Waals surface area contributed by atoms with Crippen LogP contribution in [0.3, 0.4) is 0 Å². The summed E-state index contributed by atoms with van der Waals surface area (Å²) in [6, 6.07) is 9.80. The number of thiophene rings is 1. The summed E-state index contributed by atoms with van der Waals surface area (Å²) in [7, 11) is 0. The third-order valence-electron chi connectivity index (χ3n) is 2.93. The van der Waals surface area contributed by atoms with Gasteiger partial charge in [0, 0.05) is 5.39 Å². The number of furan rings is 1. The van der Waals surface area contributed by atoms with Crippen LogP contribution in [0.5, 0.6) is 0 Å². The van der Waals surface area contributed by atoms with E-state index in [1.54, 1.807) is 11.3 Å². The molecule has 2 aromatic heterocycles. The van der Waals surface area contributed by atoms with Crippen molar-refractivity contribution in [3.63, 3.8) is 0 Å². The molecule has 1 aromatic carbocycles. The Kier molecular flexibility index (Phi) is 3.01. The van der Waals surface area contributed by atoms with Crippen molar-refractivity contribution in [2.75, 3.05) is 0 Å². The van der Waals surface area contributed by atoms with Crippen LogP contribution in [-0.2, 0) is 0 Å². The lowest BCUT2D eigenvalue weighted by molar-refractivity contribution is 0.192. The molecule has 92 valence electrons. The lowest BCUT2D eigenvalue weighted by Crippen LogP contribution is -1.95. The number of aliphatic hydroxyl groups excluding tert-OH is 1. The molecule has 0 radical (unpaired) electrons. The summed E-state index contributed by atoms with van der Waals surface area (Å²) in [5.74, 6) is 0.588. The smallest absolute Gasteiger partial charge is 0.138 e. The number of rotatable bonds is 2. The maximum absolute atomic E-state index is 10.3. The summed E-state index contributed by atoms with van der Waals surface area (Å²) >= 11 is 4.95. The number of para-hydroxylation sites is 1. The summed E-state index contributed by atoms with van der Waals surface area (Å²) in [4.78, 5) is 0. The monoisotopic (exact) mass is 322 g/mol. The number of hydrogen-bond donors (Lipinski definition) is 1. The minimum absolute atomic E-state index is 0.588. The molecule has 3 rings (SSSR count). The van der Waals surface area contributed by atoms with Gasteiger partial charge in [-0.25, -0.2) is 0 Å². The highest BCUT2D eigenvalue weighted by Gasteiger charge is 2.17. The molecule has 1 atom stereocenters. The molecule has 1 N–H and O–H groups in total. The Labute approximate surface area is 117 Å². The Morgan fingerprint density at radius 2 is 2.17 bits per heavy atom. The largest absolute Gasteiger partial charge is 0.458 e. The van der Waals surface area contributed by atoms with Crippen molar-refractivity contribution in [2.45, 2.75) is 13.0 Å². The van der Waals surface area contributed by atoms with Crippen molar-refractivity contribution in [2.24, 2.45) is 0 Å². The molecule has 2 heterocycles. The standard InChI is InChI=1S/C14H11BrO2S/c1-8-3-2-4-9-5-11(17-14(8)9)13(16)10-6-12(15)18-7-10/h2-7,13,16H,1H3. The van der Waals surface area contributed by atoms with Gasteiger partial charge in [-0.05, 0) is 51.5 Å². The molecule has 2 nitrogen and oxygen atoms in total. The van der Waals surface area contributed by atoms with E-state index in [1.165, 1.54) is 0 Å². The first-order chi connectivity index (χ1) is 8.65.